The summed E-state index contributed by atoms with van der Waals surface area (Å²) in [4.78, 5) is 131. The van der Waals surface area contributed by atoms with E-state index < -0.39 is 0 Å². The van der Waals surface area contributed by atoms with E-state index in [1.807, 2.05) is 108 Å². The molecule has 6 N–H and O–H groups in total. The molecule has 101 heavy (non-hydrogen) atoms. The van der Waals surface area contributed by atoms with Gasteiger partial charge in [0.1, 0.15) is 42.0 Å². The van der Waals surface area contributed by atoms with E-state index in [-0.39, 0.29) is 89.6 Å². The van der Waals surface area contributed by atoms with Crippen LogP contribution in [0, 0.1) is 5.92 Å². The molecule has 12 rings (SSSR count). The number of likely N-dealkylation sites (N-methyl/N-ethyl adjacent to an activating group) is 8. The molecular weight excluding hydrogens is 1400 g/mol. The van der Waals surface area contributed by atoms with E-state index >= 15 is 0 Å². The molecule has 0 spiro atoms. The number of hydrogen-bond acceptors (Lipinski definition) is 27. The third-order valence-corrected chi connectivity index (χ3v) is 23.5. The summed E-state index contributed by atoms with van der Waals surface area (Å²) in [7, 11) is 16.6. The predicted octanol–water partition coefficient (Wildman–Crippen LogP) is 5.00. The van der Waals surface area contributed by atoms with Crippen molar-refractivity contribution in [2.75, 3.05) is 149 Å². The smallest absolute Gasteiger partial charge is 0.245 e. The number of ether oxygens (including phenoxy) is 1. The van der Waals surface area contributed by atoms with Gasteiger partial charge in [0.05, 0.1) is 110 Å². The zero-order chi connectivity index (χ0) is 73.7. The van der Waals surface area contributed by atoms with Crippen LogP contribution in [0.4, 0.5) is 0 Å². The van der Waals surface area contributed by atoms with Gasteiger partial charge >= 0.3 is 0 Å². The second kappa shape index (κ2) is 39.7. The number of thiazole rings is 6. The molecule has 6 unspecified atom stereocenters. The largest absolute Gasteiger partial charge is 0.383 e. The molecule has 6 aromatic rings. The van der Waals surface area contributed by atoms with Crippen molar-refractivity contribution in [1.82, 2.24) is 96.1 Å². The van der Waals surface area contributed by atoms with Gasteiger partial charge in [-0.3, -0.25) is 33.6 Å². The van der Waals surface area contributed by atoms with Gasteiger partial charge in [-0.1, -0.05) is 13.8 Å². The summed E-state index contributed by atoms with van der Waals surface area (Å²) in [6.07, 6.45) is 4.99. The molecule has 12 heterocycles. The maximum absolute atomic E-state index is 12.5. The molecule has 0 saturated carbocycles. The lowest BCUT2D eigenvalue weighted by Crippen LogP contribution is -2.49. The molecule has 27 nitrogen and oxygen atoms in total. The van der Waals surface area contributed by atoms with Crippen LogP contribution in [-0.2, 0) is 76.8 Å². The van der Waals surface area contributed by atoms with Crippen LogP contribution >= 0.6 is 68.0 Å². The minimum Gasteiger partial charge on any atom is -0.383 e. The van der Waals surface area contributed by atoms with Gasteiger partial charge in [-0.25, -0.2) is 29.9 Å². The van der Waals surface area contributed by atoms with Crippen molar-refractivity contribution < 1.29 is 38.3 Å². The minimum atomic E-state index is -0.362. The Labute approximate surface area is 619 Å². The Morgan fingerprint density at radius 1 is 0.475 bits per heavy atom. The van der Waals surface area contributed by atoms with E-state index in [0.717, 1.165) is 161 Å². The number of ketones is 1. The van der Waals surface area contributed by atoms with E-state index in [1.54, 1.807) is 81.3 Å². The first-order valence-electron chi connectivity index (χ1n) is 34.4. The number of nitrogens with zero attached hydrogens (tertiary/aromatic N) is 13. The van der Waals surface area contributed by atoms with Crippen molar-refractivity contribution in [1.29, 1.82) is 0 Å². The lowest BCUT2D eigenvalue weighted by molar-refractivity contribution is -0.138. The highest BCUT2D eigenvalue weighted by molar-refractivity contribution is 7.11. The predicted molar refractivity (Wildman–Crippen MR) is 402 cm³/mol. The van der Waals surface area contributed by atoms with Gasteiger partial charge in [-0.2, -0.15) is 0 Å². The maximum atomic E-state index is 12.5. The van der Waals surface area contributed by atoms with Crippen LogP contribution < -0.4 is 31.9 Å². The van der Waals surface area contributed by atoms with E-state index in [0.29, 0.717) is 25.6 Å². The fourth-order valence-electron chi connectivity index (χ4n) is 12.6. The molecule has 6 amide bonds. The molecule has 556 valence electrons. The zero-order valence-corrected chi connectivity index (χ0v) is 66.4. The topological polar surface area (TPSA) is 301 Å². The van der Waals surface area contributed by atoms with Gasteiger partial charge in [0.25, 0.3) is 0 Å². The quantitative estimate of drug-likeness (QED) is 0.0700. The molecule has 0 bridgehead atoms. The van der Waals surface area contributed by atoms with Crippen LogP contribution in [0.25, 0.3) is 0 Å². The number of amides is 6. The number of methoxy groups -OCH3 is 1. The Hall–Kier alpha value is -6.05. The summed E-state index contributed by atoms with van der Waals surface area (Å²) < 4.78 is 5.03. The number of nitrogens with one attached hydrogen (secondary N) is 6. The average molecular weight is 1510 g/mol. The molecule has 6 aliphatic rings. The number of hydrogen-bond donors (Lipinski definition) is 6. The van der Waals surface area contributed by atoms with Crippen molar-refractivity contribution in [2.45, 2.75) is 129 Å². The average Bonchev–Trinajstić information content (AvgIpc) is 1.73. The molecule has 0 radical (unpaired) electrons. The SMILES string of the molecule is CCN1CCc2ncsc2C(NC)C1=O.CNC1C(=O)N(C(C)(C)C)CCc2ncsc21.CNC1C(=O)N(CC(C)=O)CCc2ncsc21.CNC1C(=O)N(CC(C)C)CCc2ncsc21.CNC1C(=O)N(CCN(C)C)CCc2ncsc21.CNC1C(=O)N(CCOC)CCc2ncsc21. The third-order valence-electron chi connectivity index (χ3n) is 17.9. The molecule has 6 atom stereocenters. The van der Waals surface area contributed by atoms with E-state index in [9.17, 15) is 33.6 Å². The summed E-state index contributed by atoms with van der Waals surface area (Å²) >= 11 is 9.32. The zero-order valence-electron chi connectivity index (χ0n) is 61.5. The van der Waals surface area contributed by atoms with Crippen LogP contribution in [0.5, 0.6) is 0 Å². The fourth-order valence-corrected chi connectivity index (χ4v) is 18.2. The van der Waals surface area contributed by atoms with E-state index in [4.69, 9.17) is 4.74 Å². The van der Waals surface area contributed by atoms with Gasteiger partial charge in [-0.15, -0.1) is 68.0 Å². The van der Waals surface area contributed by atoms with Gasteiger partial charge < -0.3 is 70.9 Å². The Bertz CT molecular complexity index is 3640. The highest BCUT2D eigenvalue weighted by Crippen LogP contribution is 2.34. The monoisotopic (exact) mass is 1510 g/mol. The van der Waals surface area contributed by atoms with Crippen LogP contribution in [-0.4, -0.2) is 260 Å². The lowest BCUT2D eigenvalue weighted by Gasteiger charge is -2.36. The number of fused-ring (bicyclic) bond motifs is 6. The lowest BCUT2D eigenvalue weighted by atomic mass is 10.0. The van der Waals surface area contributed by atoms with Crippen molar-refractivity contribution >= 4 is 109 Å². The summed E-state index contributed by atoms with van der Waals surface area (Å²) in [5.41, 5.74) is 17.1. The molecular formula is C68H105N19O8S6. The van der Waals surface area contributed by atoms with Crippen LogP contribution in [0.3, 0.4) is 0 Å². The Morgan fingerprint density at radius 3 is 1.07 bits per heavy atom. The summed E-state index contributed by atoms with van der Waals surface area (Å²) in [6.45, 7) is 23.0. The molecule has 6 aromatic heterocycles. The van der Waals surface area contributed by atoms with Crippen molar-refractivity contribution in [2.24, 2.45) is 5.92 Å². The van der Waals surface area contributed by atoms with Gasteiger partial charge in [-0.05, 0) is 96.9 Å². The standard InChI is InChI=1S/C12H20N4OS.2C12H19N3OS.C11H15N3O2S.C11H17N3O2S.C10H15N3OS/c1-13-10-11-9(14-8-18-11)4-5-16(12(10)17)7-6-15(2)3;1-12(2,3)15-6-5-8-10(17-7-14-8)9(13-4)11(15)16;1-8(2)6-15-5-4-9-11(17-7-14-9)10(13-3)12(15)16;1-7(15)5-14-4-3-8-10(17-6-13-8)9(12-2)11(14)16;1-12-9-10-8(13-7-17-10)3-4-14(11(9)15)5-6-16-2;1-3-13-5-4-7-9(15-6-12-7)8(11-2)10(13)14/h8,10,13H,4-7H2,1-3H3;7,9,13H,5-6H2,1-4H3;7-8,10,13H,4-6H2,1-3H3;6,9,12H,3-5H2,1-2H3;7,9,12H,3-6H2,1-2H3;6,8,11H,3-5H2,1-2H3. The Kier molecular flexibility index (Phi) is 32.3. The van der Waals surface area contributed by atoms with Gasteiger partial charge in [0.2, 0.25) is 35.4 Å². The Balaban J connectivity index is 0.000000170. The van der Waals surface area contributed by atoms with Crippen molar-refractivity contribution in [3.63, 3.8) is 0 Å². The number of Topliss-reactive ketones (excluding diaryl/α,β-unsaturated/α-hetero) is 1. The first-order chi connectivity index (χ1) is 48.4. The highest BCUT2D eigenvalue weighted by atomic mass is 32.1. The first-order valence-corrected chi connectivity index (χ1v) is 39.6. The van der Waals surface area contributed by atoms with E-state index in [2.05, 4.69) is 101 Å². The van der Waals surface area contributed by atoms with Crippen LogP contribution in [0.2, 0.25) is 0 Å². The summed E-state index contributed by atoms with van der Waals surface area (Å²) in [5, 5.41) is 18.5. The van der Waals surface area contributed by atoms with Gasteiger partial charge in [0, 0.05) is 123 Å². The molecule has 6 aliphatic heterocycles. The minimum absolute atomic E-state index is 0.00594. The number of carbonyl (C=O) groups excluding carboxylic acids is 7. The second-order valence-corrected chi connectivity index (χ2v) is 31.8. The number of aromatic nitrogens is 6. The molecule has 0 aliphatic carbocycles. The van der Waals surface area contributed by atoms with Crippen LogP contribution in [0.1, 0.15) is 148 Å². The summed E-state index contributed by atoms with van der Waals surface area (Å²) in [6, 6.07) is -1.48. The Morgan fingerprint density at radius 2 is 0.762 bits per heavy atom. The van der Waals surface area contributed by atoms with Crippen molar-refractivity contribution in [3.05, 3.63) is 96.5 Å². The number of carbonyl (C=O) groups is 7. The van der Waals surface area contributed by atoms with Gasteiger partial charge in [0.15, 0.2) is 0 Å². The normalized spacial score (nSPS) is 20.6. The van der Waals surface area contributed by atoms with Crippen LogP contribution in [0.15, 0.2) is 33.1 Å². The maximum Gasteiger partial charge on any atom is 0.245 e. The fraction of sp³-hybridized carbons (Fsp3) is 0.632. The molecule has 33 heteroatoms. The second-order valence-electron chi connectivity index (χ2n) is 26.5. The number of rotatable bonds is 17. The third kappa shape index (κ3) is 21.3. The van der Waals surface area contributed by atoms with Crippen molar-refractivity contribution in [3.8, 4) is 0 Å². The van der Waals surface area contributed by atoms with E-state index in [1.165, 1.54) is 18.3 Å². The molecule has 0 fully saturated rings. The highest BCUT2D eigenvalue weighted by Gasteiger charge is 2.39. The molecule has 0 aromatic carbocycles. The molecule has 0 saturated heterocycles. The summed E-state index contributed by atoms with van der Waals surface area (Å²) in [5.74, 6) is 1.27. The first kappa shape index (κ1) is 82.2.